The summed E-state index contributed by atoms with van der Waals surface area (Å²) in [6.07, 6.45) is 0.470. The number of hydrogen-bond acceptors (Lipinski definition) is 2. The minimum absolute atomic E-state index is 0.0542. The quantitative estimate of drug-likeness (QED) is 0.437. The van der Waals surface area contributed by atoms with Crippen LogP contribution in [-0.4, -0.2) is 22.0 Å². The first kappa shape index (κ1) is 18.9. The van der Waals surface area contributed by atoms with Gasteiger partial charge in [-0.1, -0.05) is 53.6 Å². The van der Waals surface area contributed by atoms with Gasteiger partial charge in [-0.2, -0.15) is 0 Å². The molecule has 2 heterocycles. The Morgan fingerprint density at radius 2 is 1.73 bits per heavy atom. The highest BCUT2D eigenvalue weighted by atomic mass is 35.5. The average Bonchev–Trinajstić information content (AvgIpc) is 3.31. The van der Waals surface area contributed by atoms with Crippen LogP contribution in [0.1, 0.15) is 29.3 Å². The summed E-state index contributed by atoms with van der Waals surface area (Å²) in [5, 5.41) is 0.726. The number of fused-ring (bicyclic) bond motifs is 1. The molecule has 0 spiro atoms. The lowest BCUT2D eigenvalue weighted by atomic mass is 10.1. The second kappa shape index (κ2) is 7.62. The zero-order valence-corrected chi connectivity index (χ0v) is 17.5. The van der Waals surface area contributed by atoms with Crippen molar-refractivity contribution in [2.24, 2.45) is 0 Å². The van der Waals surface area contributed by atoms with Gasteiger partial charge in [-0.3, -0.25) is 4.79 Å². The predicted molar refractivity (Wildman–Crippen MR) is 121 cm³/mol. The molecule has 3 aromatic carbocycles. The molecule has 0 saturated carbocycles. The molecule has 4 aromatic rings. The standard InChI is InChI=1S/C25H22ClN3O/c1-17-6-12-21(13-7-17)28-16-19(14-24(28)30)25-27-22-4-2-3-5-23(22)29(25)15-18-8-10-20(26)11-9-18/h2-13,19H,14-16H2,1H3/t19-/m0/s1. The molecular weight excluding hydrogens is 394 g/mol. The van der Waals surface area contributed by atoms with E-state index in [0.717, 1.165) is 33.1 Å². The topological polar surface area (TPSA) is 38.1 Å². The number of aromatic nitrogens is 2. The Bertz CT molecular complexity index is 1210. The lowest BCUT2D eigenvalue weighted by molar-refractivity contribution is -0.117. The molecule has 1 aromatic heterocycles. The van der Waals surface area contributed by atoms with Gasteiger partial charge >= 0.3 is 0 Å². The summed E-state index contributed by atoms with van der Waals surface area (Å²) in [7, 11) is 0. The Morgan fingerprint density at radius 3 is 2.50 bits per heavy atom. The summed E-state index contributed by atoms with van der Waals surface area (Å²) in [6.45, 7) is 3.39. The van der Waals surface area contributed by atoms with Gasteiger partial charge in [0.25, 0.3) is 0 Å². The Kier molecular flexibility index (Phi) is 4.80. The number of carbonyl (C=O) groups excluding carboxylic acids is 1. The highest BCUT2D eigenvalue weighted by Crippen LogP contribution is 2.33. The number of hydrogen-bond donors (Lipinski definition) is 0. The summed E-state index contributed by atoms with van der Waals surface area (Å²) in [5.41, 5.74) is 5.34. The Morgan fingerprint density at radius 1 is 1.00 bits per heavy atom. The maximum atomic E-state index is 12.8. The third-order valence-electron chi connectivity index (χ3n) is 5.77. The Hall–Kier alpha value is -3.11. The van der Waals surface area contributed by atoms with E-state index in [0.29, 0.717) is 19.5 Å². The number of amides is 1. The third-order valence-corrected chi connectivity index (χ3v) is 6.03. The molecule has 5 rings (SSSR count). The van der Waals surface area contributed by atoms with Gasteiger partial charge in [0.15, 0.2) is 0 Å². The first-order valence-corrected chi connectivity index (χ1v) is 10.5. The first-order valence-electron chi connectivity index (χ1n) is 10.1. The number of anilines is 1. The molecular formula is C25H22ClN3O. The van der Waals surface area contributed by atoms with E-state index in [9.17, 15) is 4.79 Å². The second-order valence-corrected chi connectivity index (χ2v) is 8.35. The fourth-order valence-corrected chi connectivity index (χ4v) is 4.33. The summed E-state index contributed by atoms with van der Waals surface area (Å²) < 4.78 is 2.25. The number of rotatable bonds is 4. The van der Waals surface area contributed by atoms with Crippen molar-refractivity contribution in [3.05, 3.63) is 94.8 Å². The van der Waals surface area contributed by atoms with Crippen molar-refractivity contribution in [3.63, 3.8) is 0 Å². The highest BCUT2D eigenvalue weighted by Gasteiger charge is 2.34. The molecule has 1 amide bonds. The molecule has 4 nitrogen and oxygen atoms in total. The number of halogens is 1. The maximum Gasteiger partial charge on any atom is 0.227 e. The zero-order chi connectivity index (χ0) is 20.7. The fourth-order valence-electron chi connectivity index (χ4n) is 4.20. The Labute approximate surface area is 180 Å². The van der Waals surface area contributed by atoms with Gasteiger partial charge in [0.2, 0.25) is 5.91 Å². The summed E-state index contributed by atoms with van der Waals surface area (Å²) in [6, 6.07) is 24.2. The summed E-state index contributed by atoms with van der Waals surface area (Å²) in [4.78, 5) is 19.7. The van der Waals surface area contributed by atoms with E-state index in [2.05, 4.69) is 17.6 Å². The lowest BCUT2D eigenvalue weighted by Crippen LogP contribution is -2.24. The van der Waals surface area contributed by atoms with Gasteiger partial charge in [0, 0.05) is 36.1 Å². The molecule has 5 heteroatoms. The molecule has 0 aliphatic carbocycles. The van der Waals surface area contributed by atoms with Crippen molar-refractivity contribution in [1.82, 2.24) is 9.55 Å². The smallest absolute Gasteiger partial charge is 0.227 e. The number of carbonyl (C=O) groups is 1. The number of imidazole rings is 1. The molecule has 0 N–H and O–H groups in total. The molecule has 0 bridgehead atoms. The van der Waals surface area contributed by atoms with Crippen LogP contribution in [0.2, 0.25) is 5.02 Å². The number of nitrogens with zero attached hydrogens (tertiary/aromatic N) is 3. The maximum absolute atomic E-state index is 12.8. The molecule has 1 atom stereocenters. The monoisotopic (exact) mass is 415 g/mol. The SMILES string of the molecule is Cc1ccc(N2C[C@@H](c3nc4ccccc4n3Cc3ccc(Cl)cc3)CC2=O)cc1. The number of para-hydroxylation sites is 2. The van der Waals surface area contributed by atoms with Crippen molar-refractivity contribution >= 4 is 34.2 Å². The second-order valence-electron chi connectivity index (χ2n) is 7.91. The van der Waals surface area contributed by atoms with Crippen LogP contribution in [0.5, 0.6) is 0 Å². The van der Waals surface area contributed by atoms with E-state index < -0.39 is 0 Å². The van der Waals surface area contributed by atoms with Crippen molar-refractivity contribution in [1.29, 1.82) is 0 Å². The number of benzene rings is 3. The van der Waals surface area contributed by atoms with Crippen LogP contribution in [-0.2, 0) is 11.3 Å². The molecule has 0 unspecified atom stereocenters. The van der Waals surface area contributed by atoms with Crippen molar-refractivity contribution < 1.29 is 4.79 Å². The van der Waals surface area contributed by atoms with Crippen LogP contribution in [0.25, 0.3) is 11.0 Å². The average molecular weight is 416 g/mol. The van der Waals surface area contributed by atoms with Gasteiger partial charge in [-0.15, -0.1) is 0 Å². The highest BCUT2D eigenvalue weighted by molar-refractivity contribution is 6.30. The molecule has 150 valence electrons. The minimum atomic E-state index is 0.0542. The van der Waals surface area contributed by atoms with E-state index in [4.69, 9.17) is 16.6 Å². The van der Waals surface area contributed by atoms with Gasteiger partial charge in [0.1, 0.15) is 5.82 Å². The third kappa shape index (κ3) is 3.48. The van der Waals surface area contributed by atoms with Gasteiger partial charge < -0.3 is 9.47 Å². The Balaban J connectivity index is 1.51. The minimum Gasteiger partial charge on any atom is -0.323 e. The molecule has 1 fully saturated rings. The van der Waals surface area contributed by atoms with Crippen LogP contribution in [0, 0.1) is 6.92 Å². The fraction of sp³-hybridized carbons (Fsp3) is 0.200. The van der Waals surface area contributed by atoms with E-state index in [1.54, 1.807) is 0 Å². The molecule has 0 radical (unpaired) electrons. The van der Waals surface area contributed by atoms with Crippen LogP contribution < -0.4 is 4.90 Å². The van der Waals surface area contributed by atoms with Gasteiger partial charge in [0.05, 0.1) is 11.0 Å². The molecule has 1 saturated heterocycles. The lowest BCUT2D eigenvalue weighted by Gasteiger charge is -2.18. The first-order chi connectivity index (χ1) is 14.6. The van der Waals surface area contributed by atoms with E-state index >= 15 is 0 Å². The largest absolute Gasteiger partial charge is 0.323 e. The predicted octanol–water partition coefficient (Wildman–Crippen LogP) is 5.57. The van der Waals surface area contributed by atoms with Gasteiger partial charge in [-0.05, 0) is 48.9 Å². The summed E-state index contributed by atoms with van der Waals surface area (Å²) in [5.74, 6) is 1.17. The molecule has 30 heavy (non-hydrogen) atoms. The number of aryl methyl sites for hydroxylation is 1. The van der Waals surface area contributed by atoms with Crippen molar-refractivity contribution in [2.75, 3.05) is 11.4 Å². The van der Waals surface area contributed by atoms with Crippen LogP contribution in [0.3, 0.4) is 0 Å². The van der Waals surface area contributed by atoms with Crippen molar-refractivity contribution in [3.8, 4) is 0 Å². The molecule has 1 aliphatic heterocycles. The van der Waals surface area contributed by atoms with Crippen LogP contribution >= 0.6 is 11.6 Å². The van der Waals surface area contributed by atoms with Crippen LogP contribution in [0.4, 0.5) is 5.69 Å². The van der Waals surface area contributed by atoms with E-state index in [-0.39, 0.29) is 11.8 Å². The zero-order valence-electron chi connectivity index (χ0n) is 16.8. The summed E-state index contributed by atoms with van der Waals surface area (Å²) >= 11 is 6.06. The van der Waals surface area contributed by atoms with Gasteiger partial charge in [-0.25, -0.2) is 4.98 Å². The van der Waals surface area contributed by atoms with E-state index in [1.807, 2.05) is 71.6 Å². The van der Waals surface area contributed by atoms with Crippen molar-refractivity contribution in [2.45, 2.75) is 25.8 Å². The van der Waals surface area contributed by atoms with Crippen LogP contribution in [0.15, 0.2) is 72.8 Å². The normalized spacial score (nSPS) is 16.5. The van der Waals surface area contributed by atoms with E-state index in [1.165, 1.54) is 5.56 Å². The molecule has 1 aliphatic rings.